The number of rotatable bonds is 4. The zero-order valence-electron chi connectivity index (χ0n) is 12.5. The summed E-state index contributed by atoms with van der Waals surface area (Å²) in [5.74, 6) is -0.470. The summed E-state index contributed by atoms with van der Waals surface area (Å²) in [7, 11) is 0. The van der Waals surface area contributed by atoms with Crippen LogP contribution in [0.2, 0.25) is 0 Å². The van der Waals surface area contributed by atoms with Crippen molar-refractivity contribution in [2.45, 2.75) is 17.2 Å². The predicted molar refractivity (Wildman–Crippen MR) is 92.1 cm³/mol. The second-order valence-corrected chi connectivity index (χ2v) is 6.46. The second kappa shape index (κ2) is 6.79. The van der Waals surface area contributed by atoms with Crippen LogP contribution in [0.5, 0.6) is 0 Å². The standard InChI is InChI=1S/C18H15FN2OS/c1-12(18(22)20-15-9-7-14(19)8-10-15)23-17-11-6-13-4-2-3-5-16(13)21-17/h2-12H,1H3,(H,20,22)/t12-/m0/s1. The van der Waals surface area contributed by atoms with Gasteiger partial charge in [0.1, 0.15) is 5.82 Å². The number of nitrogens with zero attached hydrogens (tertiary/aromatic N) is 1. The summed E-state index contributed by atoms with van der Waals surface area (Å²) in [5.41, 5.74) is 1.49. The minimum absolute atomic E-state index is 0.142. The number of carbonyl (C=O) groups excluding carboxylic acids is 1. The molecule has 0 aliphatic carbocycles. The maximum absolute atomic E-state index is 12.9. The number of nitrogens with one attached hydrogen (secondary N) is 1. The zero-order chi connectivity index (χ0) is 16.2. The number of amides is 1. The Bertz CT molecular complexity index is 836. The van der Waals surface area contributed by atoms with Gasteiger partial charge >= 0.3 is 0 Å². The van der Waals surface area contributed by atoms with Crippen LogP contribution in [0.4, 0.5) is 10.1 Å². The van der Waals surface area contributed by atoms with Crippen LogP contribution in [0.1, 0.15) is 6.92 Å². The summed E-state index contributed by atoms with van der Waals surface area (Å²) in [6.45, 7) is 1.82. The minimum atomic E-state index is -0.328. The number of halogens is 1. The highest BCUT2D eigenvalue weighted by Gasteiger charge is 2.15. The lowest BCUT2D eigenvalue weighted by Crippen LogP contribution is -2.22. The van der Waals surface area contributed by atoms with Gasteiger partial charge in [-0.2, -0.15) is 0 Å². The molecule has 0 aliphatic rings. The molecule has 0 bridgehead atoms. The van der Waals surface area contributed by atoms with Gasteiger partial charge in [0.05, 0.1) is 15.8 Å². The van der Waals surface area contributed by atoms with E-state index < -0.39 is 0 Å². The molecule has 0 aliphatic heterocycles. The molecule has 0 radical (unpaired) electrons. The van der Waals surface area contributed by atoms with E-state index in [1.807, 2.05) is 43.3 Å². The number of benzene rings is 2. The second-order valence-electron chi connectivity index (χ2n) is 5.10. The third kappa shape index (κ3) is 3.87. The Hall–Kier alpha value is -2.40. The number of anilines is 1. The Balaban J connectivity index is 1.68. The summed E-state index contributed by atoms with van der Waals surface area (Å²) in [6.07, 6.45) is 0. The average Bonchev–Trinajstić information content (AvgIpc) is 2.56. The Labute approximate surface area is 137 Å². The molecule has 3 rings (SSSR count). The Morgan fingerprint density at radius 3 is 2.61 bits per heavy atom. The highest BCUT2D eigenvalue weighted by atomic mass is 32.2. The van der Waals surface area contributed by atoms with Gasteiger partial charge in [0.2, 0.25) is 5.91 Å². The first-order valence-corrected chi connectivity index (χ1v) is 8.09. The third-order valence-electron chi connectivity index (χ3n) is 3.35. The van der Waals surface area contributed by atoms with E-state index in [-0.39, 0.29) is 17.0 Å². The van der Waals surface area contributed by atoms with E-state index in [4.69, 9.17) is 0 Å². The molecular weight excluding hydrogens is 311 g/mol. The maximum Gasteiger partial charge on any atom is 0.237 e. The van der Waals surface area contributed by atoms with Crippen LogP contribution in [0, 0.1) is 5.82 Å². The molecule has 0 fully saturated rings. The van der Waals surface area contributed by atoms with E-state index in [0.29, 0.717) is 5.69 Å². The number of carbonyl (C=O) groups is 1. The van der Waals surface area contributed by atoms with Crippen molar-refractivity contribution in [3.05, 3.63) is 66.5 Å². The van der Waals surface area contributed by atoms with Crippen molar-refractivity contribution in [1.29, 1.82) is 0 Å². The molecule has 1 N–H and O–H groups in total. The number of hydrogen-bond acceptors (Lipinski definition) is 3. The summed E-state index contributed by atoms with van der Waals surface area (Å²) in [6, 6.07) is 17.5. The van der Waals surface area contributed by atoms with E-state index >= 15 is 0 Å². The molecule has 5 heteroatoms. The van der Waals surface area contributed by atoms with Gasteiger partial charge in [-0.3, -0.25) is 4.79 Å². The largest absolute Gasteiger partial charge is 0.325 e. The first-order chi connectivity index (χ1) is 11.1. The van der Waals surface area contributed by atoms with E-state index in [1.54, 1.807) is 12.1 Å². The molecule has 23 heavy (non-hydrogen) atoms. The van der Waals surface area contributed by atoms with Crippen molar-refractivity contribution in [3.8, 4) is 0 Å². The lowest BCUT2D eigenvalue weighted by molar-refractivity contribution is -0.115. The van der Waals surface area contributed by atoms with Gasteiger partial charge in [0, 0.05) is 11.1 Å². The van der Waals surface area contributed by atoms with Crippen molar-refractivity contribution in [2.24, 2.45) is 0 Å². The fourth-order valence-electron chi connectivity index (χ4n) is 2.12. The van der Waals surface area contributed by atoms with Gasteiger partial charge in [-0.05, 0) is 43.3 Å². The lowest BCUT2D eigenvalue weighted by atomic mass is 10.2. The van der Waals surface area contributed by atoms with Gasteiger partial charge < -0.3 is 5.32 Å². The van der Waals surface area contributed by atoms with Gasteiger partial charge in [0.15, 0.2) is 0 Å². The van der Waals surface area contributed by atoms with E-state index in [0.717, 1.165) is 15.9 Å². The molecule has 0 unspecified atom stereocenters. The van der Waals surface area contributed by atoms with E-state index in [1.165, 1.54) is 23.9 Å². The zero-order valence-corrected chi connectivity index (χ0v) is 13.3. The molecule has 0 saturated carbocycles. The Morgan fingerprint density at radius 1 is 1.09 bits per heavy atom. The molecule has 0 saturated heterocycles. The van der Waals surface area contributed by atoms with E-state index in [2.05, 4.69) is 10.3 Å². The maximum atomic E-state index is 12.9. The molecule has 3 nitrogen and oxygen atoms in total. The lowest BCUT2D eigenvalue weighted by Gasteiger charge is -2.12. The smallest absolute Gasteiger partial charge is 0.237 e. The number of fused-ring (bicyclic) bond motifs is 1. The summed E-state index contributed by atoms with van der Waals surface area (Å²) >= 11 is 1.39. The first kappa shape index (κ1) is 15.5. The molecule has 0 spiro atoms. The summed E-state index contributed by atoms with van der Waals surface area (Å²) in [4.78, 5) is 16.8. The molecule has 3 aromatic rings. The van der Waals surface area contributed by atoms with Crippen LogP contribution in [-0.4, -0.2) is 16.1 Å². The highest BCUT2D eigenvalue weighted by Crippen LogP contribution is 2.24. The molecule has 116 valence electrons. The number of aromatic nitrogens is 1. The fourth-order valence-corrected chi connectivity index (χ4v) is 2.95. The molecule has 1 aromatic heterocycles. The Kier molecular flexibility index (Phi) is 4.57. The van der Waals surface area contributed by atoms with Crippen LogP contribution < -0.4 is 5.32 Å². The predicted octanol–water partition coefficient (Wildman–Crippen LogP) is 4.49. The number of hydrogen-bond donors (Lipinski definition) is 1. The fraction of sp³-hybridized carbons (Fsp3) is 0.111. The molecule has 1 heterocycles. The normalized spacial score (nSPS) is 12.1. The van der Waals surface area contributed by atoms with Gasteiger partial charge in [0.25, 0.3) is 0 Å². The summed E-state index contributed by atoms with van der Waals surface area (Å²) < 4.78 is 12.9. The molecule has 1 amide bonds. The average molecular weight is 326 g/mol. The van der Waals surface area contributed by atoms with Crippen LogP contribution in [0.25, 0.3) is 10.9 Å². The highest BCUT2D eigenvalue weighted by molar-refractivity contribution is 8.00. The quantitative estimate of drug-likeness (QED) is 0.718. The van der Waals surface area contributed by atoms with Crippen LogP contribution in [0.15, 0.2) is 65.7 Å². The van der Waals surface area contributed by atoms with Crippen molar-refractivity contribution in [2.75, 3.05) is 5.32 Å². The van der Waals surface area contributed by atoms with Crippen LogP contribution >= 0.6 is 11.8 Å². The number of pyridine rings is 1. The first-order valence-electron chi connectivity index (χ1n) is 7.21. The third-order valence-corrected chi connectivity index (χ3v) is 4.39. The minimum Gasteiger partial charge on any atom is -0.325 e. The Morgan fingerprint density at radius 2 is 1.83 bits per heavy atom. The summed E-state index contributed by atoms with van der Waals surface area (Å²) in [5, 5.41) is 4.33. The number of thioether (sulfide) groups is 1. The number of para-hydroxylation sites is 1. The molecule has 1 atom stereocenters. The van der Waals surface area contributed by atoms with Crippen molar-refractivity contribution in [3.63, 3.8) is 0 Å². The molecule has 2 aromatic carbocycles. The topological polar surface area (TPSA) is 42.0 Å². The van der Waals surface area contributed by atoms with Crippen LogP contribution in [0.3, 0.4) is 0 Å². The van der Waals surface area contributed by atoms with Crippen LogP contribution in [-0.2, 0) is 4.79 Å². The van der Waals surface area contributed by atoms with Crippen molar-refractivity contribution in [1.82, 2.24) is 4.98 Å². The van der Waals surface area contributed by atoms with Crippen molar-refractivity contribution < 1.29 is 9.18 Å². The van der Waals surface area contributed by atoms with Gasteiger partial charge in [-0.25, -0.2) is 9.37 Å². The molecular formula is C18H15FN2OS. The van der Waals surface area contributed by atoms with Gasteiger partial charge in [-0.1, -0.05) is 36.0 Å². The van der Waals surface area contributed by atoms with Crippen molar-refractivity contribution >= 4 is 34.3 Å². The SMILES string of the molecule is C[C@H](Sc1ccc2ccccc2n1)C(=O)Nc1ccc(F)cc1. The van der Waals surface area contributed by atoms with E-state index in [9.17, 15) is 9.18 Å². The monoisotopic (exact) mass is 326 g/mol. The van der Waals surface area contributed by atoms with Gasteiger partial charge in [-0.15, -0.1) is 0 Å².